The maximum Gasteiger partial charge on any atom is 0.186 e. The van der Waals surface area contributed by atoms with Crippen LogP contribution in [0.15, 0.2) is 24.3 Å². The van der Waals surface area contributed by atoms with E-state index >= 15 is 0 Å². The van der Waals surface area contributed by atoms with Crippen molar-refractivity contribution in [3.63, 3.8) is 0 Å². The molecule has 0 fully saturated rings. The van der Waals surface area contributed by atoms with E-state index < -0.39 is 6.10 Å². The van der Waals surface area contributed by atoms with Crippen LogP contribution in [-0.4, -0.2) is 6.10 Å². The fourth-order valence-electron chi connectivity index (χ4n) is 1.53. The summed E-state index contributed by atoms with van der Waals surface area (Å²) in [5, 5.41) is 8.70. The number of hydrogen-bond acceptors (Lipinski definition) is 3. The van der Waals surface area contributed by atoms with Gasteiger partial charge in [0.05, 0.1) is 0 Å². The zero-order valence-corrected chi connectivity index (χ0v) is 7.10. The predicted molar refractivity (Wildman–Crippen MR) is 48.0 cm³/mol. The van der Waals surface area contributed by atoms with Gasteiger partial charge in [-0.2, -0.15) is 5.26 Å². The smallest absolute Gasteiger partial charge is 0.186 e. The van der Waals surface area contributed by atoms with Crippen LogP contribution in [0.4, 0.5) is 0 Å². The highest BCUT2D eigenvalue weighted by Crippen LogP contribution is 2.32. The van der Waals surface area contributed by atoms with E-state index in [4.69, 9.17) is 15.7 Å². The van der Waals surface area contributed by atoms with Crippen molar-refractivity contribution in [1.82, 2.24) is 0 Å². The lowest BCUT2D eigenvalue weighted by Gasteiger charge is -2.26. The second-order valence-corrected chi connectivity index (χ2v) is 3.12. The van der Waals surface area contributed by atoms with Gasteiger partial charge in [0.1, 0.15) is 11.8 Å². The second-order valence-electron chi connectivity index (χ2n) is 3.12. The van der Waals surface area contributed by atoms with E-state index in [0.29, 0.717) is 6.42 Å². The number of fused-ring (bicyclic) bond motifs is 1. The zero-order valence-electron chi connectivity index (χ0n) is 7.10. The summed E-state index contributed by atoms with van der Waals surface area (Å²) in [6.45, 7) is 0. The highest BCUT2D eigenvalue weighted by molar-refractivity contribution is 5.38. The molecule has 1 heterocycles. The molecule has 0 bridgehead atoms. The van der Waals surface area contributed by atoms with E-state index in [1.54, 1.807) is 0 Å². The highest BCUT2D eigenvalue weighted by atomic mass is 16.5. The minimum atomic E-state index is -0.398. The third-order valence-corrected chi connectivity index (χ3v) is 2.20. The molecule has 3 nitrogen and oxygen atoms in total. The molecule has 1 aromatic rings. The van der Waals surface area contributed by atoms with Crippen LogP contribution in [0.2, 0.25) is 0 Å². The molecule has 0 spiro atoms. The maximum atomic E-state index is 8.70. The van der Waals surface area contributed by atoms with Crippen molar-refractivity contribution in [2.75, 3.05) is 0 Å². The van der Waals surface area contributed by atoms with Gasteiger partial charge in [0, 0.05) is 18.0 Å². The summed E-state index contributed by atoms with van der Waals surface area (Å²) in [7, 11) is 0. The van der Waals surface area contributed by atoms with Crippen molar-refractivity contribution >= 4 is 0 Å². The summed E-state index contributed by atoms with van der Waals surface area (Å²) in [6.07, 6.45) is 0.179. The van der Waals surface area contributed by atoms with E-state index in [1.807, 2.05) is 24.3 Å². The molecule has 2 N–H and O–H groups in total. The van der Waals surface area contributed by atoms with Crippen molar-refractivity contribution < 1.29 is 4.74 Å². The van der Waals surface area contributed by atoms with Crippen LogP contribution in [0.5, 0.6) is 5.75 Å². The Kier molecular flexibility index (Phi) is 1.91. The molecule has 2 unspecified atom stereocenters. The monoisotopic (exact) mass is 174 g/mol. The summed E-state index contributed by atoms with van der Waals surface area (Å²) in [4.78, 5) is 0. The molecule has 0 saturated heterocycles. The average Bonchev–Trinajstić information content (AvgIpc) is 2.18. The quantitative estimate of drug-likeness (QED) is 0.646. The van der Waals surface area contributed by atoms with Crippen LogP contribution in [0.1, 0.15) is 18.0 Å². The highest BCUT2D eigenvalue weighted by Gasteiger charge is 2.24. The van der Waals surface area contributed by atoms with Crippen molar-refractivity contribution in [2.24, 2.45) is 5.73 Å². The number of hydrogen-bond donors (Lipinski definition) is 1. The lowest BCUT2D eigenvalue weighted by atomic mass is 9.98. The Morgan fingerprint density at radius 2 is 2.23 bits per heavy atom. The van der Waals surface area contributed by atoms with Crippen LogP contribution in [0.3, 0.4) is 0 Å². The molecule has 2 atom stereocenters. The molecule has 1 aliphatic heterocycles. The van der Waals surface area contributed by atoms with Gasteiger partial charge >= 0.3 is 0 Å². The van der Waals surface area contributed by atoms with Gasteiger partial charge in [-0.15, -0.1) is 0 Å². The first-order chi connectivity index (χ1) is 6.31. The van der Waals surface area contributed by atoms with Gasteiger partial charge in [-0.3, -0.25) is 0 Å². The average molecular weight is 174 g/mol. The van der Waals surface area contributed by atoms with E-state index in [0.717, 1.165) is 11.3 Å². The van der Waals surface area contributed by atoms with Crippen molar-refractivity contribution in [1.29, 1.82) is 5.26 Å². The summed E-state index contributed by atoms with van der Waals surface area (Å²) in [6, 6.07) is 9.59. The van der Waals surface area contributed by atoms with E-state index in [1.165, 1.54) is 0 Å². The molecular weight excluding hydrogens is 164 g/mol. The molecule has 0 radical (unpaired) electrons. The van der Waals surface area contributed by atoms with Crippen molar-refractivity contribution in [2.45, 2.75) is 18.6 Å². The normalized spacial score (nSPS) is 25.5. The van der Waals surface area contributed by atoms with Crippen LogP contribution >= 0.6 is 0 Å². The number of rotatable bonds is 0. The Morgan fingerprint density at radius 1 is 1.46 bits per heavy atom. The fraction of sp³-hybridized carbons (Fsp3) is 0.300. The fourth-order valence-corrected chi connectivity index (χ4v) is 1.53. The first kappa shape index (κ1) is 8.09. The van der Waals surface area contributed by atoms with Crippen LogP contribution in [-0.2, 0) is 0 Å². The van der Waals surface area contributed by atoms with Gasteiger partial charge in [0.15, 0.2) is 6.10 Å². The number of nitrogens with two attached hydrogens (primary N) is 1. The number of nitriles is 1. The Labute approximate surface area is 76.7 Å². The van der Waals surface area contributed by atoms with Gasteiger partial charge in [0.2, 0.25) is 0 Å². The standard InChI is InChI=1S/C10H10N2O/c11-6-7-5-9(12)8-3-1-2-4-10(8)13-7/h1-4,7,9H,5,12H2. The first-order valence-electron chi connectivity index (χ1n) is 4.22. The lowest BCUT2D eigenvalue weighted by molar-refractivity contribution is 0.208. The zero-order chi connectivity index (χ0) is 9.26. The molecule has 3 heteroatoms. The minimum absolute atomic E-state index is 0.0744. The van der Waals surface area contributed by atoms with Gasteiger partial charge < -0.3 is 10.5 Å². The van der Waals surface area contributed by atoms with Gasteiger partial charge in [-0.05, 0) is 6.07 Å². The van der Waals surface area contributed by atoms with Gasteiger partial charge in [-0.25, -0.2) is 0 Å². The first-order valence-corrected chi connectivity index (χ1v) is 4.22. The van der Waals surface area contributed by atoms with Crippen LogP contribution in [0.25, 0.3) is 0 Å². The Hall–Kier alpha value is -1.53. The predicted octanol–water partition coefficient (Wildman–Crippen LogP) is 1.36. The number of para-hydroxylation sites is 1. The van der Waals surface area contributed by atoms with E-state index in [-0.39, 0.29) is 6.04 Å². The minimum Gasteiger partial charge on any atom is -0.475 e. The SMILES string of the molecule is N#CC1CC(N)c2ccccc2O1. The topological polar surface area (TPSA) is 59.0 Å². The summed E-state index contributed by atoms with van der Waals surface area (Å²) in [5.41, 5.74) is 6.88. The van der Waals surface area contributed by atoms with Gasteiger partial charge in [-0.1, -0.05) is 18.2 Å². The molecule has 0 aromatic heterocycles. The Balaban J connectivity index is 2.38. The second kappa shape index (κ2) is 3.08. The molecule has 0 saturated carbocycles. The van der Waals surface area contributed by atoms with Gasteiger partial charge in [0.25, 0.3) is 0 Å². The van der Waals surface area contributed by atoms with E-state index in [9.17, 15) is 0 Å². The lowest BCUT2D eigenvalue weighted by Crippen LogP contribution is -2.28. The molecule has 13 heavy (non-hydrogen) atoms. The number of nitrogens with zero attached hydrogens (tertiary/aromatic N) is 1. The number of ether oxygens (including phenoxy) is 1. The number of benzene rings is 1. The van der Waals surface area contributed by atoms with Crippen molar-refractivity contribution in [3.8, 4) is 11.8 Å². The van der Waals surface area contributed by atoms with Crippen LogP contribution < -0.4 is 10.5 Å². The summed E-state index contributed by atoms with van der Waals surface area (Å²) in [5.74, 6) is 0.743. The van der Waals surface area contributed by atoms with Crippen LogP contribution in [0, 0.1) is 11.3 Å². The molecular formula is C10H10N2O. The molecule has 0 amide bonds. The third-order valence-electron chi connectivity index (χ3n) is 2.20. The van der Waals surface area contributed by atoms with E-state index in [2.05, 4.69) is 6.07 Å². The molecule has 0 aliphatic carbocycles. The molecule has 2 rings (SSSR count). The molecule has 1 aromatic carbocycles. The third kappa shape index (κ3) is 1.36. The molecule has 66 valence electrons. The Morgan fingerprint density at radius 3 is 3.00 bits per heavy atom. The molecule has 1 aliphatic rings. The Bertz CT molecular complexity index is 356. The summed E-state index contributed by atoms with van der Waals surface area (Å²) < 4.78 is 5.41. The summed E-state index contributed by atoms with van der Waals surface area (Å²) >= 11 is 0. The largest absolute Gasteiger partial charge is 0.475 e. The maximum absolute atomic E-state index is 8.70. The van der Waals surface area contributed by atoms with Crippen molar-refractivity contribution in [3.05, 3.63) is 29.8 Å².